The molecule has 0 aliphatic heterocycles. The van der Waals surface area contributed by atoms with Gasteiger partial charge in [0.1, 0.15) is 0 Å². The first kappa shape index (κ1) is 10.8. The first-order chi connectivity index (χ1) is 6.68. The fourth-order valence-corrected chi connectivity index (χ4v) is 1.30. The molecule has 0 saturated heterocycles. The molecule has 0 aliphatic rings. The summed E-state index contributed by atoms with van der Waals surface area (Å²) in [5.74, 6) is 0.661. The van der Waals surface area contributed by atoms with Crippen LogP contribution in [0.4, 0.5) is 0 Å². The number of hydrogen-bond donors (Lipinski definition) is 1. The SMILES string of the molecule is CC(=O)SCC=Cc1ccc(=O)[nH]c1. The van der Waals surface area contributed by atoms with Crippen LogP contribution in [0.5, 0.6) is 0 Å². The van der Waals surface area contributed by atoms with E-state index in [0.29, 0.717) is 5.75 Å². The van der Waals surface area contributed by atoms with Gasteiger partial charge in [-0.2, -0.15) is 0 Å². The molecule has 1 heterocycles. The van der Waals surface area contributed by atoms with E-state index in [-0.39, 0.29) is 10.7 Å². The molecule has 0 bridgehead atoms. The molecule has 0 unspecified atom stereocenters. The number of rotatable bonds is 3. The fraction of sp³-hybridized carbons (Fsp3) is 0.200. The lowest BCUT2D eigenvalue weighted by molar-refractivity contribution is -0.109. The molecule has 0 aromatic carbocycles. The summed E-state index contributed by atoms with van der Waals surface area (Å²) < 4.78 is 0. The maximum Gasteiger partial charge on any atom is 0.247 e. The molecule has 0 spiro atoms. The van der Waals surface area contributed by atoms with E-state index in [1.165, 1.54) is 17.8 Å². The molecule has 1 rings (SSSR count). The van der Waals surface area contributed by atoms with Crippen LogP contribution in [0, 0.1) is 0 Å². The summed E-state index contributed by atoms with van der Waals surface area (Å²) >= 11 is 1.26. The van der Waals surface area contributed by atoms with Crippen LogP contribution in [0.15, 0.2) is 29.2 Å². The molecular weight excluding hydrogens is 198 g/mol. The minimum atomic E-state index is -0.111. The first-order valence-corrected chi connectivity index (χ1v) is 5.15. The highest BCUT2D eigenvalue weighted by Crippen LogP contribution is 2.03. The molecule has 4 heteroatoms. The zero-order valence-electron chi connectivity index (χ0n) is 7.82. The topological polar surface area (TPSA) is 49.9 Å². The van der Waals surface area contributed by atoms with Crippen molar-refractivity contribution in [2.24, 2.45) is 0 Å². The average Bonchev–Trinajstić information content (AvgIpc) is 2.15. The lowest BCUT2D eigenvalue weighted by atomic mass is 10.3. The standard InChI is InChI=1S/C10H11NO2S/c1-8(12)14-6-2-3-9-4-5-10(13)11-7-9/h2-5,7H,6H2,1H3,(H,11,13). The molecule has 14 heavy (non-hydrogen) atoms. The van der Waals surface area contributed by atoms with Gasteiger partial charge in [0.05, 0.1) is 0 Å². The van der Waals surface area contributed by atoms with Gasteiger partial charge < -0.3 is 4.98 Å². The number of hydrogen-bond acceptors (Lipinski definition) is 3. The molecule has 1 aromatic rings. The normalized spacial score (nSPS) is 10.6. The third-order valence-corrected chi connectivity index (χ3v) is 2.27. The van der Waals surface area contributed by atoms with Crippen LogP contribution in [-0.4, -0.2) is 15.9 Å². The van der Waals surface area contributed by atoms with Crippen molar-refractivity contribution in [1.82, 2.24) is 4.98 Å². The van der Waals surface area contributed by atoms with E-state index in [1.807, 2.05) is 12.2 Å². The van der Waals surface area contributed by atoms with Gasteiger partial charge in [-0.15, -0.1) is 0 Å². The molecule has 0 atom stereocenters. The fourth-order valence-electron chi connectivity index (χ4n) is 0.876. The molecule has 0 amide bonds. The zero-order chi connectivity index (χ0) is 10.4. The largest absolute Gasteiger partial charge is 0.329 e. The molecule has 74 valence electrons. The Hall–Kier alpha value is -1.29. The Morgan fingerprint density at radius 1 is 1.57 bits per heavy atom. The number of H-pyrrole nitrogens is 1. The van der Waals surface area contributed by atoms with Crippen molar-refractivity contribution in [1.29, 1.82) is 0 Å². The predicted molar refractivity (Wildman–Crippen MR) is 59.2 cm³/mol. The Morgan fingerprint density at radius 2 is 2.36 bits per heavy atom. The Labute approximate surface area is 86.2 Å². The van der Waals surface area contributed by atoms with Gasteiger partial charge in [0.25, 0.3) is 0 Å². The Balaban J connectivity index is 2.48. The Kier molecular flexibility index (Phi) is 4.19. The second-order valence-corrected chi connectivity index (χ2v) is 3.89. The maximum atomic E-state index is 10.7. The maximum absolute atomic E-state index is 10.7. The number of pyridine rings is 1. The van der Waals surface area contributed by atoms with E-state index >= 15 is 0 Å². The van der Waals surface area contributed by atoms with Crippen molar-refractivity contribution >= 4 is 23.0 Å². The van der Waals surface area contributed by atoms with Crippen molar-refractivity contribution in [3.05, 3.63) is 40.3 Å². The second-order valence-electron chi connectivity index (χ2n) is 2.69. The van der Waals surface area contributed by atoms with E-state index in [2.05, 4.69) is 4.98 Å². The Morgan fingerprint density at radius 3 is 2.93 bits per heavy atom. The van der Waals surface area contributed by atoms with Gasteiger partial charge in [-0.05, 0) is 11.6 Å². The number of carbonyl (C=O) groups excluding carboxylic acids is 1. The summed E-state index contributed by atoms with van der Waals surface area (Å²) in [4.78, 5) is 23.9. The van der Waals surface area contributed by atoms with Crippen LogP contribution in [0.25, 0.3) is 6.08 Å². The van der Waals surface area contributed by atoms with Crippen LogP contribution in [-0.2, 0) is 4.79 Å². The summed E-state index contributed by atoms with van der Waals surface area (Å²) in [5, 5.41) is 0.108. The molecule has 0 saturated carbocycles. The quantitative estimate of drug-likeness (QED) is 0.823. The highest BCUT2D eigenvalue weighted by Gasteiger charge is 1.89. The number of thioether (sulfide) groups is 1. The van der Waals surface area contributed by atoms with Gasteiger partial charge in [-0.1, -0.05) is 23.9 Å². The number of aromatic nitrogens is 1. The highest BCUT2D eigenvalue weighted by molar-refractivity contribution is 8.13. The number of nitrogens with one attached hydrogen (secondary N) is 1. The van der Waals surface area contributed by atoms with Gasteiger partial charge in [-0.25, -0.2) is 0 Å². The van der Waals surface area contributed by atoms with Gasteiger partial charge in [-0.3, -0.25) is 9.59 Å². The van der Waals surface area contributed by atoms with E-state index in [0.717, 1.165) is 5.56 Å². The van der Waals surface area contributed by atoms with Crippen LogP contribution < -0.4 is 5.56 Å². The summed E-state index contributed by atoms with van der Waals surface area (Å²) in [5.41, 5.74) is 0.814. The van der Waals surface area contributed by atoms with E-state index in [1.54, 1.807) is 19.2 Å². The summed E-state index contributed by atoms with van der Waals surface area (Å²) in [6, 6.07) is 3.20. The highest BCUT2D eigenvalue weighted by atomic mass is 32.2. The Bertz CT molecular complexity index is 375. The first-order valence-electron chi connectivity index (χ1n) is 4.17. The van der Waals surface area contributed by atoms with Crippen LogP contribution in [0.2, 0.25) is 0 Å². The van der Waals surface area contributed by atoms with Crippen molar-refractivity contribution in [2.45, 2.75) is 6.92 Å². The monoisotopic (exact) mass is 209 g/mol. The van der Waals surface area contributed by atoms with Gasteiger partial charge in [0, 0.05) is 24.9 Å². The minimum absolute atomic E-state index is 0.108. The summed E-state index contributed by atoms with van der Waals surface area (Å²) in [7, 11) is 0. The van der Waals surface area contributed by atoms with Crippen molar-refractivity contribution in [2.75, 3.05) is 5.75 Å². The van der Waals surface area contributed by atoms with E-state index in [4.69, 9.17) is 0 Å². The lowest BCUT2D eigenvalue weighted by Gasteiger charge is -1.91. The van der Waals surface area contributed by atoms with Gasteiger partial charge in [0.15, 0.2) is 5.12 Å². The molecule has 0 fully saturated rings. The smallest absolute Gasteiger partial charge is 0.247 e. The van der Waals surface area contributed by atoms with Crippen LogP contribution in [0.3, 0.4) is 0 Å². The van der Waals surface area contributed by atoms with Crippen LogP contribution >= 0.6 is 11.8 Å². The number of carbonyl (C=O) groups is 1. The molecule has 0 radical (unpaired) electrons. The van der Waals surface area contributed by atoms with Crippen molar-refractivity contribution in [3.8, 4) is 0 Å². The van der Waals surface area contributed by atoms with Crippen molar-refractivity contribution < 1.29 is 4.79 Å². The summed E-state index contributed by atoms with van der Waals surface area (Å²) in [6.45, 7) is 1.54. The van der Waals surface area contributed by atoms with Crippen LogP contribution in [0.1, 0.15) is 12.5 Å². The zero-order valence-corrected chi connectivity index (χ0v) is 8.64. The lowest BCUT2D eigenvalue weighted by Crippen LogP contribution is -2.01. The average molecular weight is 209 g/mol. The molecule has 1 aromatic heterocycles. The second kappa shape index (κ2) is 5.44. The molecule has 0 aliphatic carbocycles. The molecule has 1 N–H and O–H groups in total. The van der Waals surface area contributed by atoms with E-state index in [9.17, 15) is 9.59 Å². The summed E-state index contributed by atoms with van der Waals surface area (Å²) in [6.07, 6.45) is 5.39. The van der Waals surface area contributed by atoms with Crippen molar-refractivity contribution in [3.63, 3.8) is 0 Å². The molecular formula is C10H11NO2S. The predicted octanol–water partition coefficient (Wildman–Crippen LogP) is 1.67. The minimum Gasteiger partial charge on any atom is -0.329 e. The third kappa shape index (κ3) is 4.09. The third-order valence-electron chi connectivity index (χ3n) is 1.50. The van der Waals surface area contributed by atoms with Gasteiger partial charge in [0.2, 0.25) is 5.56 Å². The van der Waals surface area contributed by atoms with E-state index < -0.39 is 0 Å². The number of aromatic amines is 1. The molecule has 3 nitrogen and oxygen atoms in total. The van der Waals surface area contributed by atoms with Gasteiger partial charge >= 0.3 is 0 Å².